The summed E-state index contributed by atoms with van der Waals surface area (Å²) in [7, 11) is -3.32. The van der Waals surface area contributed by atoms with Gasteiger partial charge in [0.05, 0.1) is 22.7 Å². The van der Waals surface area contributed by atoms with Crippen molar-refractivity contribution >= 4 is 38.2 Å². The maximum atomic E-state index is 13.0. The van der Waals surface area contributed by atoms with Crippen LogP contribution in [0.4, 0.5) is 11.4 Å². The van der Waals surface area contributed by atoms with Gasteiger partial charge < -0.3 is 5.32 Å². The molecular formula is C27H26N4O3S. The van der Waals surface area contributed by atoms with Gasteiger partial charge in [-0.1, -0.05) is 12.5 Å². The number of benzene rings is 2. The second-order valence-electron chi connectivity index (χ2n) is 8.71. The van der Waals surface area contributed by atoms with Crippen molar-refractivity contribution in [3.05, 3.63) is 84.2 Å². The van der Waals surface area contributed by atoms with Gasteiger partial charge in [0.15, 0.2) is 0 Å². The van der Waals surface area contributed by atoms with E-state index in [0.717, 1.165) is 40.6 Å². The maximum Gasteiger partial charge on any atom is 0.255 e. The number of hydrogen-bond donors (Lipinski definition) is 1. The molecule has 0 unspecified atom stereocenters. The summed E-state index contributed by atoms with van der Waals surface area (Å²) in [5.74, 6) is -0.107. The average molecular weight is 487 g/mol. The van der Waals surface area contributed by atoms with Crippen molar-refractivity contribution in [3.63, 3.8) is 0 Å². The van der Waals surface area contributed by atoms with Crippen LogP contribution in [0.25, 0.3) is 22.2 Å². The van der Waals surface area contributed by atoms with Crippen molar-refractivity contribution in [2.45, 2.75) is 26.2 Å². The van der Waals surface area contributed by atoms with Gasteiger partial charge in [0.1, 0.15) is 0 Å². The quantitative estimate of drug-likeness (QED) is 0.429. The SMILES string of the molecule is Cc1ccc(NC(=O)c2ccc(N3CCCCCS3(=O)=O)cc2)cc1-c1nccc2ncccc12. The van der Waals surface area contributed by atoms with Crippen LogP contribution in [0.15, 0.2) is 73.1 Å². The van der Waals surface area contributed by atoms with Crippen LogP contribution in [0.1, 0.15) is 35.2 Å². The van der Waals surface area contributed by atoms with Gasteiger partial charge in [-0.3, -0.25) is 19.1 Å². The van der Waals surface area contributed by atoms with Crippen LogP contribution < -0.4 is 9.62 Å². The molecule has 7 nitrogen and oxygen atoms in total. The second-order valence-corrected chi connectivity index (χ2v) is 10.7. The first kappa shape index (κ1) is 23.0. The highest BCUT2D eigenvalue weighted by Gasteiger charge is 2.24. The summed E-state index contributed by atoms with van der Waals surface area (Å²) in [6.07, 6.45) is 5.91. The predicted octanol–water partition coefficient (Wildman–Crippen LogP) is 5.18. The molecule has 0 atom stereocenters. The van der Waals surface area contributed by atoms with E-state index < -0.39 is 10.0 Å². The Morgan fingerprint density at radius 3 is 2.60 bits per heavy atom. The standard InChI is InChI=1S/C27H26N4O3S/c1-19-7-10-21(18-24(19)26-23-6-5-14-28-25(23)13-15-29-26)30-27(32)20-8-11-22(12-9-20)31-16-3-2-4-17-35(31,33)34/h5-15,18H,2-4,16-17H2,1H3,(H,30,32). The van der Waals surface area contributed by atoms with Gasteiger partial charge in [-0.05, 0) is 79.9 Å². The fraction of sp³-hybridized carbons (Fsp3) is 0.222. The van der Waals surface area contributed by atoms with Gasteiger partial charge in [0.2, 0.25) is 10.0 Å². The molecular weight excluding hydrogens is 460 g/mol. The van der Waals surface area contributed by atoms with E-state index in [-0.39, 0.29) is 11.7 Å². The normalized spacial score (nSPS) is 15.5. The molecule has 3 heterocycles. The minimum absolute atomic E-state index is 0.159. The van der Waals surface area contributed by atoms with E-state index in [1.54, 1.807) is 36.7 Å². The molecule has 8 heteroatoms. The fourth-order valence-corrected chi connectivity index (χ4v) is 6.05. The molecule has 5 rings (SSSR count). The van der Waals surface area contributed by atoms with E-state index in [0.29, 0.717) is 29.9 Å². The monoisotopic (exact) mass is 486 g/mol. The molecule has 0 radical (unpaired) electrons. The molecule has 0 bridgehead atoms. The van der Waals surface area contributed by atoms with E-state index in [2.05, 4.69) is 15.3 Å². The van der Waals surface area contributed by atoms with Crippen LogP contribution in [0.2, 0.25) is 0 Å². The molecule has 1 amide bonds. The topological polar surface area (TPSA) is 92.3 Å². The summed E-state index contributed by atoms with van der Waals surface area (Å²) in [5, 5.41) is 3.90. The van der Waals surface area contributed by atoms with Crippen molar-refractivity contribution in [3.8, 4) is 11.3 Å². The van der Waals surface area contributed by atoms with E-state index >= 15 is 0 Å². The molecule has 1 N–H and O–H groups in total. The van der Waals surface area contributed by atoms with E-state index in [4.69, 9.17) is 0 Å². The number of carbonyl (C=O) groups is 1. The Labute approximate surface area is 204 Å². The predicted molar refractivity (Wildman–Crippen MR) is 139 cm³/mol. The van der Waals surface area contributed by atoms with Crippen LogP contribution in [-0.2, 0) is 10.0 Å². The van der Waals surface area contributed by atoms with Crippen LogP contribution in [0, 0.1) is 6.92 Å². The number of nitrogens with one attached hydrogen (secondary N) is 1. The first-order chi connectivity index (χ1) is 16.9. The summed E-state index contributed by atoms with van der Waals surface area (Å²) in [6.45, 7) is 2.48. The first-order valence-corrected chi connectivity index (χ1v) is 13.3. The molecule has 4 aromatic rings. The number of pyridine rings is 2. The Bertz CT molecular complexity index is 1500. The summed E-state index contributed by atoms with van der Waals surface area (Å²) >= 11 is 0. The number of rotatable bonds is 4. The Morgan fingerprint density at radius 2 is 1.77 bits per heavy atom. The molecule has 0 saturated carbocycles. The maximum absolute atomic E-state index is 13.0. The zero-order valence-corrected chi connectivity index (χ0v) is 20.3. The molecule has 1 fully saturated rings. The molecule has 178 valence electrons. The lowest BCUT2D eigenvalue weighted by molar-refractivity contribution is 0.102. The van der Waals surface area contributed by atoms with Gasteiger partial charge in [-0.2, -0.15) is 0 Å². The van der Waals surface area contributed by atoms with Crippen molar-refractivity contribution < 1.29 is 13.2 Å². The number of carbonyl (C=O) groups excluding carboxylic acids is 1. The molecule has 35 heavy (non-hydrogen) atoms. The number of fused-ring (bicyclic) bond motifs is 1. The lowest BCUT2D eigenvalue weighted by Gasteiger charge is -2.22. The Kier molecular flexibility index (Phi) is 6.21. The lowest BCUT2D eigenvalue weighted by Crippen LogP contribution is -2.32. The number of amides is 1. The van der Waals surface area contributed by atoms with E-state index in [9.17, 15) is 13.2 Å². The number of aryl methyl sites for hydroxylation is 1. The fourth-order valence-electron chi connectivity index (χ4n) is 4.41. The van der Waals surface area contributed by atoms with Crippen LogP contribution in [0.3, 0.4) is 0 Å². The number of sulfonamides is 1. The summed E-state index contributed by atoms with van der Waals surface area (Å²) in [5.41, 5.74) is 5.33. The van der Waals surface area contributed by atoms with E-state index in [1.807, 2.05) is 43.3 Å². The largest absolute Gasteiger partial charge is 0.322 e. The summed E-state index contributed by atoms with van der Waals surface area (Å²) in [4.78, 5) is 22.0. The minimum atomic E-state index is -3.32. The van der Waals surface area contributed by atoms with Crippen molar-refractivity contribution in [1.82, 2.24) is 9.97 Å². The Balaban J connectivity index is 1.39. The first-order valence-electron chi connectivity index (χ1n) is 11.6. The van der Waals surface area contributed by atoms with E-state index in [1.165, 1.54) is 4.31 Å². The van der Waals surface area contributed by atoms with Crippen molar-refractivity contribution in [2.24, 2.45) is 0 Å². The number of hydrogen-bond acceptors (Lipinski definition) is 5. The van der Waals surface area contributed by atoms with Gasteiger partial charge in [-0.25, -0.2) is 8.42 Å². The third-order valence-corrected chi connectivity index (χ3v) is 8.17. The third-order valence-electron chi connectivity index (χ3n) is 6.30. The lowest BCUT2D eigenvalue weighted by atomic mass is 10.0. The van der Waals surface area contributed by atoms with Crippen LogP contribution in [0.5, 0.6) is 0 Å². The van der Waals surface area contributed by atoms with Crippen molar-refractivity contribution in [1.29, 1.82) is 0 Å². The third kappa shape index (κ3) is 4.74. The zero-order chi connectivity index (χ0) is 24.4. The van der Waals surface area contributed by atoms with Gasteiger partial charge in [0, 0.05) is 41.1 Å². The van der Waals surface area contributed by atoms with Crippen LogP contribution >= 0.6 is 0 Å². The summed E-state index contributed by atoms with van der Waals surface area (Å²) < 4.78 is 26.6. The van der Waals surface area contributed by atoms with Crippen LogP contribution in [-0.4, -0.2) is 36.6 Å². The molecule has 0 aliphatic carbocycles. The molecule has 1 aliphatic heterocycles. The Hall–Kier alpha value is -3.78. The highest BCUT2D eigenvalue weighted by molar-refractivity contribution is 7.92. The van der Waals surface area contributed by atoms with Gasteiger partial charge in [-0.15, -0.1) is 0 Å². The second kappa shape index (κ2) is 9.46. The molecule has 1 aliphatic rings. The number of anilines is 2. The minimum Gasteiger partial charge on any atom is -0.322 e. The Morgan fingerprint density at radius 1 is 0.943 bits per heavy atom. The number of nitrogens with zero attached hydrogens (tertiary/aromatic N) is 3. The summed E-state index contributed by atoms with van der Waals surface area (Å²) in [6, 6.07) is 18.2. The smallest absolute Gasteiger partial charge is 0.255 e. The highest BCUT2D eigenvalue weighted by Crippen LogP contribution is 2.30. The molecule has 0 spiro atoms. The average Bonchev–Trinajstić information content (AvgIpc) is 3.05. The van der Waals surface area contributed by atoms with Gasteiger partial charge >= 0.3 is 0 Å². The van der Waals surface area contributed by atoms with Crippen molar-refractivity contribution in [2.75, 3.05) is 21.9 Å². The molecule has 1 saturated heterocycles. The number of aromatic nitrogens is 2. The molecule has 2 aromatic heterocycles. The van der Waals surface area contributed by atoms with Gasteiger partial charge in [0.25, 0.3) is 5.91 Å². The zero-order valence-electron chi connectivity index (χ0n) is 19.4. The highest BCUT2D eigenvalue weighted by atomic mass is 32.2. The molecule has 2 aromatic carbocycles.